The molecule has 4 rings (SSSR count). The summed E-state index contributed by atoms with van der Waals surface area (Å²) in [6.07, 6.45) is 5.45. The number of nitrogens with zero attached hydrogens (tertiary/aromatic N) is 4. The van der Waals surface area contributed by atoms with Crippen LogP contribution in [0.15, 0.2) is 29.6 Å². The number of rotatable bonds is 10. The van der Waals surface area contributed by atoms with E-state index in [9.17, 15) is 13.8 Å². The molecule has 1 aliphatic rings. The maximum absolute atomic E-state index is 15.0. The van der Waals surface area contributed by atoms with Gasteiger partial charge in [-0.05, 0) is 51.8 Å². The molecule has 11 heteroatoms. The SMILES string of the molecule is CCC(C)OP(=O)(O)CCCOc1cn2ncnc(Oc3ccc4c(c3F)=CC(C)N=4)c2c1C. The second-order valence-electron chi connectivity index (χ2n) is 8.31. The molecule has 0 radical (unpaired) electrons. The lowest BCUT2D eigenvalue weighted by atomic mass is 10.2. The Hall–Kier alpha value is -2.81. The molecule has 1 aliphatic heterocycles. The van der Waals surface area contributed by atoms with Crippen LogP contribution in [-0.2, 0) is 9.09 Å². The predicted molar refractivity (Wildman–Crippen MR) is 125 cm³/mol. The van der Waals surface area contributed by atoms with Crippen LogP contribution in [0.4, 0.5) is 4.39 Å². The Bertz CT molecular complexity index is 1380. The average Bonchev–Trinajstić information content (AvgIpc) is 3.33. The van der Waals surface area contributed by atoms with E-state index in [1.54, 1.807) is 29.8 Å². The van der Waals surface area contributed by atoms with E-state index in [2.05, 4.69) is 15.1 Å². The third-order valence-corrected chi connectivity index (χ3v) is 7.16. The van der Waals surface area contributed by atoms with Gasteiger partial charge in [0.15, 0.2) is 11.6 Å². The molecular formula is C23H28FN4O5P. The molecular weight excluding hydrogens is 462 g/mol. The van der Waals surface area contributed by atoms with E-state index in [4.69, 9.17) is 14.0 Å². The van der Waals surface area contributed by atoms with Gasteiger partial charge >= 0.3 is 7.60 Å². The summed E-state index contributed by atoms with van der Waals surface area (Å²) in [5.41, 5.74) is 1.24. The van der Waals surface area contributed by atoms with Crippen molar-refractivity contribution in [1.82, 2.24) is 14.6 Å². The summed E-state index contributed by atoms with van der Waals surface area (Å²) in [7, 11) is -3.66. The first-order chi connectivity index (χ1) is 16.2. The van der Waals surface area contributed by atoms with Crippen LogP contribution >= 0.6 is 7.60 Å². The van der Waals surface area contributed by atoms with E-state index in [0.717, 1.165) is 0 Å². The van der Waals surface area contributed by atoms with Crippen molar-refractivity contribution >= 4 is 19.2 Å². The van der Waals surface area contributed by atoms with Gasteiger partial charge in [-0.2, -0.15) is 10.1 Å². The van der Waals surface area contributed by atoms with Crippen molar-refractivity contribution < 1.29 is 27.8 Å². The molecule has 2 aromatic heterocycles. The standard InChI is InChI=1S/C23H28FN4O5P/c1-5-15(3)33-34(29,30)10-6-9-31-20-12-28-22(16(20)4)23(25-13-26-28)32-19-8-7-18-17(21(19)24)11-14(2)27-18/h7-8,11-15H,5-6,9-10H2,1-4H3,(H,29,30). The second-order valence-corrected chi connectivity index (χ2v) is 10.2. The van der Waals surface area contributed by atoms with Crippen LogP contribution in [-0.4, -0.2) is 44.4 Å². The Morgan fingerprint density at radius 2 is 2.12 bits per heavy atom. The van der Waals surface area contributed by atoms with Crippen LogP contribution in [0.2, 0.25) is 0 Å². The maximum atomic E-state index is 15.0. The third-order valence-electron chi connectivity index (χ3n) is 5.59. The summed E-state index contributed by atoms with van der Waals surface area (Å²) < 4.78 is 45.6. The van der Waals surface area contributed by atoms with E-state index in [0.29, 0.717) is 40.2 Å². The molecule has 0 spiro atoms. The maximum Gasteiger partial charge on any atom is 0.328 e. The lowest BCUT2D eigenvalue weighted by molar-refractivity contribution is 0.184. The fourth-order valence-corrected chi connectivity index (χ4v) is 5.04. The zero-order valence-electron chi connectivity index (χ0n) is 19.6. The number of ether oxygens (including phenoxy) is 2. The summed E-state index contributed by atoms with van der Waals surface area (Å²) in [5.74, 6) is 0.265. The quantitative estimate of drug-likeness (QED) is 0.342. The third kappa shape index (κ3) is 5.14. The number of fused-ring (bicyclic) bond motifs is 2. The van der Waals surface area contributed by atoms with Crippen LogP contribution in [0.1, 0.15) is 39.2 Å². The number of halogens is 1. The topological polar surface area (TPSA) is 108 Å². The molecule has 0 amide bonds. The van der Waals surface area contributed by atoms with Gasteiger partial charge in [0, 0.05) is 10.8 Å². The van der Waals surface area contributed by atoms with Gasteiger partial charge < -0.3 is 18.9 Å². The molecule has 0 saturated heterocycles. The van der Waals surface area contributed by atoms with Crippen LogP contribution in [0.25, 0.3) is 11.6 Å². The zero-order chi connectivity index (χ0) is 24.5. The first-order valence-electron chi connectivity index (χ1n) is 11.2. The fraction of sp³-hybridized carbons (Fsp3) is 0.435. The minimum atomic E-state index is -3.66. The van der Waals surface area contributed by atoms with Crippen LogP contribution in [0, 0.1) is 12.7 Å². The van der Waals surface area contributed by atoms with Gasteiger partial charge in [-0.1, -0.05) is 6.92 Å². The molecule has 0 bridgehead atoms. The second kappa shape index (κ2) is 9.82. The Morgan fingerprint density at radius 1 is 1.32 bits per heavy atom. The van der Waals surface area contributed by atoms with Crippen molar-refractivity contribution in [3.8, 4) is 17.4 Å². The van der Waals surface area contributed by atoms with Crippen molar-refractivity contribution in [3.63, 3.8) is 0 Å². The highest BCUT2D eigenvalue weighted by molar-refractivity contribution is 7.52. The highest BCUT2D eigenvalue weighted by Gasteiger charge is 2.22. The minimum absolute atomic E-state index is 0.00253. The smallest absolute Gasteiger partial charge is 0.328 e. The fourth-order valence-electron chi connectivity index (χ4n) is 3.70. The van der Waals surface area contributed by atoms with E-state index in [-0.39, 0.29) is 36.5 Å². The van der Waals surface area contributed by atoms with Crippen molar-refractivity contribution in [1.29, 1.82) is 0 Å². The number of benzene rings is 1. The van der Waals surface area contributed by atoms with Gasteiger partial charge in [0.2, 0.25) is 5.88 Å². The highest BCUT2D eigenvalue weighted by Crippen LogP contribution is 2.44. The molecule has 1 N–H and O–H groups in total. The first kappa shape index (κ1) is 24.3. The van der Waals surface area contributed by atoms with Gasteiger partial charge in [-0.15, -0.1) is 0 Å². The van der Waals surface area contributed by atoms with E-state index < -0.39 is 13.4 Å². The van der Waals surface area contributed by atoms with E-state index >= 15 is 0 Å². The summed E-state index contributed by atoms with van der Waals surface area (Å²) in [4.78, 5) is 18.5. The first-order valence-corrected chi connectivity index (χ1v) is 13.0. The monoisotopic (exact) mass is 490 g/mol. The molecule has 9 nitrogen and oxygen atoms in total. The Morgan fingerprint density at radius 3 is 2.88 bits per heavy atom. The molecule has 3 atom stereocenters. The average molecular weight is 490 g/mol. The predicted octanol–water partition coefficient (Wildman–Crippen LogP) is 3.54. The molecule has 0 saturated carbocycles. The lowest BCUT2D eigenvalue weighted by Gasteiger charge is -2.16. The summed E-state index contributed by atoms with van der Waals surface area (Å²) in [5, 5.41) is 5.21. The minimum Gasteiger partial charge on any atom is -0.492 e. The van der Waals surface area contributed by atoms with Crippen molar-refractivity contribution in [3.05, 3.63) is 46.6 Å². The van der Waals surface area contributed by atoms with Gasteiger partial charge in [0.25, 0.3) is 0 Å². The Balaban J connectivity index is 1.49. The number of aryl methyl sites for hydroxylation is 1. The summed E-state index contributed by atoms with van der Waals surface area (Å²) in [6, 6.07) is 3.17. The molecule has 34 heavy (non-hydrogen) atoms. The van der Waals surface area contributed by atoms with E-state index in [1.165, 1.54) is 12.4 Å². The number of hydrogen-bond donors (Lipinski definition) is 1. The Kier molecular flexibility index (Phi) is 7.02. The number of hydrogen-bond acceptors (Lipinski definition) is 7. The normalized spacial score (nSPS) is 17.5. The van der Waals surface area contributed by atoms with Crippen LogP contribution in [0.5, 0.6) is 17.4 Å². The molecule has 3 unspecified atom stereocenters. The van der Waals surface area contributed by atoms with Gasteiger partial charge in [0.1, 0.15) is 17.6 Å². The van der Waals surface area contributed by atoms with Crippen molar-refractivity contribution in [2.75, 3.05) is 12.8 Å². The highest BCUT2D eigenvalue weighted by atomic mass is 31.2. The van der Waals surface area contributed by atoms with Crippen LogP contribution in [0.3, 0.4) is 0 Å². The molecule has 3 aromatic rings. The van der Waals surface area contributed by atoms with E-state index in [1.807, 2.05) is 20.8 Å². The van der Waals surface area contributed by atoms with Crippen molar-refractivity contribution in [2.45, 2.75) is 52.7 Å². The largest absolute Gasteiger partial charge is 0.492 e. The molecule has 3 heterocycles. The van der Waals surface area contributed by atoms with Gasteiger partial charge in [-0.3, -0.25) is 9.56 Å². The zero-order valence-corrected chi connectivity index (χ0v) is 20.5. The van der Waals surface area contributed by atoms with Gasteiger partial charge in [-0.25, -0.2) is 8.91 Å². The molecule has 0 aliphatic carbocycles. The van der Waals surface area contributed by atoms with Gasteiger partial charge in [0.05, 0.1) is 36.5 Å². The lowest BCUT2D eigenvalue weighted by Crippen LogP contribution is -2.25. The molecule has 1 aromatic carbocycles. The van der Waals surface area contributed by atoms with Crippen LogP contribution < -0.4 is 20.0 Å². The molecule has 182 valence electrons. The molecule has 0 fully saturated rings. The number of aromatic nitrogens is 3. The summed E-state index contributed by atoms with van der Waals surface area (Å²) in [6.45, 7) is 7.57. The summed E-state index contributed by atoms with van der Waals surface area (Å²) >= 11 is 0. The van der Waals surface area contributed by atoms with Crippen molar-refractivity contribution in [2.24, 2.45) is 4.99 Å². The Labute approximate surface area is 196 Å².